The van der Waals surface area contributed by atoms with Crippen molar-refractivity contribution in [1.82, 2.24) is 9.97 Å². The number of carbonyl (C=O) groups is 1. The summed E-state index contributed by atoms with van der Waals surface area (Å²) < 4.78 is 5.23. The third-order valence-corrected chi connectivity index (χ3v) is 3.78. The Bertz CT molecular complexity index is 873. The molecule has 0 fully saturated rings. The van der Waals surface area contributed by atoms with Crippen LogP contribution in [0.15, 0.2) is 48.5 Å². The molecule has 0 aliphatic heterocycles. The van der Waals surface area contributed by atoms with E-state index in [1.807, 2.05) is 48.5 Å². The Morgan fingerprint density at radius 1 is 1.00 bits per heavy atom. The average molecular weight is 321 g/mol. The van der Waals surface area contributed by atoms with Crippen molar-refractivity contribution in [3.63, 3.8) is 0 Å². The van der Waals surface area contributed by atoms with Gasteiger partial charge in [0.15, 0.2) is 5.69 Å². The highest BCUT2D eigenvalue weighted by Gasteiger charge is 2.17. The third-order valence-electron chi connectivity index (χ3n) is 3.78. The van der Waals surface area contributed by atoms with Crippen LogP contribution in [0.5, 0.6) is 5.88 Å². The molecule has 5 nitrogen and oxygen atoms in total. The fourth-order valence-electron chi connectivity index (χ4n) is 2.42. The van der Waals surface area contributed by atoms with Crippen LogP contribution in [-0.2, 0) is 0 Å². The molecule has 0 bridgehead atoms. The number of anilines is 1. The number of methoxy groups -OCH3 is 1. The van der Waals surface area contributed by atoms with E-state index < -0.39 is 0 Å². The number of fused-ring (bicyclic) bond motifs is 1. The zero-order valence-corrected chi connectivity index (χ0v) is 13.9. The lowest BCUT2D eigenvalue weighted by Gasteiger charge is -2.10. The molecule has 0 aliphatic carbocycles. The summed E-state index contributed by atoms with van der Waals surface area (Å²) in [6.45, 7) is 4.26. The van der Waals surface area contributed by atoms with E-state index in [4.69, 9.17) is 4.74 Å². The smallest absolute Gasteiger partial charge is 0.279 e. The van der Waals surface area contributed by atoms with E-state index in [1.54, 1.807) is 0 Å². The number of nitrogens with zero attached hydrogens (tertiary/aromatic N) is 2. The molecular weight excluding hydrogens is 302 g/mol. The number of hydrogen-bond acceptors (Lipinski definition) is 4. The van der Waals surface area contributed by atoms with Crippen molar-refractivity contribution in [3.8, 4) is 5.88 Å². The number of benzene rings is 2. The summed E-state index contributed by atoms with van der Waals surface area (Å²) in [6.07, 6.45) is 0. The van der Waals surface area contributed by atoms with Crippen LogP contribution in [-0.4, -0.2) is 23.0 Å². The van der Waals surface area contributed by atoms with Crippen molar-refractivity contribution in [3.05, 3.63) is 59.8 Å². The topological polar surface area (TPSA) is 64.1 Å². The van der Waals surface area contributed by atoms with Crippen LogP contribution in [0.1, 0.15) is 35.8 Å². The molecule has 3 aromatic rings. The number of carbonyl (C=O) groups excluding carboxylic acids is 1. The van der Waals surface area contributed by atoms with Crippen LogP contribution >= 0.6 is 0 Å². The summed E-state index contributed by atoms with van der Waals surface area (Å²) in [4.78, 5) is 21.3. The predicted molar refractivity (Wildman–Crippen MR) is 94.6 cm³/mol. The van der Waals surface area contributed by atoms with Gasteiger partial charge in [0.25, 0.3) is 5.91 Å². The van der Waals surface area contributed by atoms with E-state index in [-0.39, 0.29) is 17.5 Å². The van der Waals surface area contributed by atoms with Crippen molar-refractivity contribution >= 4 is 22.6 Å². The first kappa shape index (κ1) is 15.9. The second-order valence-corrected chi connectivity index (χ2v) is 5.80. The van der Waals surface area contributed by atoms with Gasteiger partial charge in [-0.3, -0.25) is 4.79 Å². The quantitative estimate of drug-likeness (QED) is 0.788. The zero-order chi connectivity index (χ0) is 17.1. The summed E-state index contributed by atoms with van der Waals surface area (Å²) in [7, 11) is 1.48. The molecule has 1 N–H and O–H groups in total. The molecule has 1 amide bonds. The molecular formula is C19H19N3O2. The third kappa shape index (κ3) is 3.20. The van der Waals surface area contributed by atoms with Crippen molar-refractivity contribution in [2.24, 2.45) is 0 Å². The van der Waals surface area contributed by atoms with Gasteiger partial charge in [-0.2, -0.15) is 0 Å². The molecule has 5 heteroatoms. The van der Waals surface area contributed by atoms with Gasteiger partial charge in [0.1, 0.15) is 0 Å². The number of rotatable bonds is 4. The lowest BCUT2D eigenvalue weighted by Crippen LogP contribution is -2.16. The molecule has 0 radical (unpaired) electrons. The summed E-state index contributed by atoms with van der Waals surface area (Å²) in [5, 5.41) is 2.84. The van der Waals surface area contributed by atoms with Gasteiger partial charge in [0.2, 0.25) is 5.88 Å². The Morgan fingerprint density at radius 2 is 1.62 bits per heavy atom. The molecule has 122 valence electrons. The number of nitrogens with one attached hydrogen (secondary N) is 1. The van der Waals surface area contributed by atoms with Gasteiger partial charge in [0.05, 0.1) is 18.1 Å². The Hall–Kier alpha value is -2.95. The van der Waals surface area contributed by atoms with Crippen molar-refractivity contribution in [2.75, 3.05) is 12.4 Å². The SMILES string of the molecule is COc1nc2ccccc2nc1C(=O)Nc1ccc(C(C)C)cc1. The van der Waals surface area contributed by atoms with E-state index in [2.05, 4.69) is 29.1 Å². The standard InChI is InChI=1S/C19H19N3O2/c1-12(2)13-8-10-14(11-9-13)20-18(23)17-19(24-3)22-16-7-5-4-6-15(16)21-17/h4-12H,1-3H3,(H,20,23). The first-order valence-electron chi connectivity index (χ1n) is 7.80. The van der Waals surface area contributed by atoms with Crippen molar-refractivity contribution in [2.45, 2.75) is 19.8 Å². The summed E-state index contributed by atoms with van der Waals surface area (Å²) in [6, 6.07) is 15.1. The van der Waals surface area contributed by atoms with Gasteiger partial charge < -0.3 is 10.1 Å². The first-order valence-corrected chi connectivity index (χ1v) is 7.80. The highest BCUT2D eigenvalue weighted by molar-refractivity contribution is 6.05. The van der Waals surface area contributed by atoms with Gasteiger partial charge in [-0.25, -0.2) is 9.97 Å². The van der Waals surface area contributed by atoms with Crippen molar-refractivity contribution in [1.29, 1.82) is 0 Å². The molecule has 2 aromatic carbocycles. The van der Waals surface area contributed by atoms with E-state index in [0.29, 0.717) is 22.6 Å². The minimum atomic E-state index is -0.345. The van der Waals surface area contributed by atoms with Gasteiger partial charge in [-0.1, -0.05) is 38.1 Å². The molecule has 0 aliphatic rings. The van der Waals surface area contributed by atoms with Gasteiger partial charge >= 0.3 is 0 Å². The molecule has 3 rings (SSSR count). The number of hydrogen-bond donors (Lipinski definition) is 1. The second kappa shape index (κ2) is 6.66. The van der Waals surface area contributed by atoms with Gasteiger partial charge in [-0.15, -0.1) is 0 Å². The van der Waals surface area contributed by atoms with Gasteiger partial charge in [-0.05, 0) is 35.7 Å². The molecule has 0 unspecified atom stereocenters. The molecule has 1 aromatic heterocycles. The summed E-state index contributed by atoms with van der Waals surface area (Å²) in [5.41, 5.74) is 3.44. The predicted octanol–water partition coefficient (Wildman–Crippen LogP) is 4.01. The van der Waals surface area contributed by atoms with E-state index in [0.717, 1.165) is 0 Å². The minimum absolute atomic E-state index is 0.170. The normalized spacial score (nSPS) is 10.8. The van der Waals surface area contributed by atoms with Crippen LogP contribution in [0.25, 0.3) is 11.0 Å². The fourth-order valence-corrected chi connectivity index (χ4v) is 2.42. The maximum Gasteiger partial charge on any atom is 0.279 e. The molecule has 0 saturated carbocycles. The summed E-state index contributed by atoms with van der Waals surface area (Å²) >= 11 is 0. The zero-order valence-electron chi connectivity index (χ0n) is 13.9. The second-order valence-electron chi connectivity index (χ2n) is 5.80. The molecule has 0 spiro atoms. The van der Waals surface area contributed by atoms with E-state index in [1.165, 1.54) is 12.7 Å². The lowest BCUT2D eigenvalue weighted by atomic mass is 10.0. The largest absolute Gasteiger partial charge is 0.479 e. The number of amides is 1. The minimum Gasteiger partial charge on any atom is -0.479 e. The Morgan fingerprint density at radius 3 is 2.21 bits per heavy atom. The maximum absolute atomic E-state index is 12.6. The summed E-state index contributed by atoms with van der Waals surface area (Å²) in [5.74, 6) is 0.314. The lowest BCUT2D eigenvalue weighted by molar-refractivity contribution is 0.101. The Labute approximate surface area is 140 Å². The monoisotopic (exact) mass is 321 g/mol. The molecule has 1 heterocycles. The van der Waals surface area contributed by atoms with Crippen LogP contribution in [0.2, 0.25) is 0 Å². The van der Waals surface area contributed by atoms with Crippen LogP contribution < -0.4 is 10.1 Å². The first-order chi connectivity index (χ1) is 11.6. The number of ether oxygens (including phenoxy) is 1. The van der Waals surface area contributed by atoms with Crippen LogP contribution in [0.4, 0.5) is 5.69 Å². The van der Waals surface area contributed by atoms with E-state index in [9.17, 15) is 4.79 Å². The molecule has 24 heavy (non-hydrogen) atoms. The highest BCUT2D eigenvalue weighted by atomic mass is 16.5. The average Bonchev–Trinajstić information content (AvgIpc) is 2.61. The number of aromatic nitrogens is 2. The fraction of sp³-hybridized carbons (Fsp3) is 0.211. The van der Waals surface area contributed by atoms with Crippen LogP contribution in [0, 0.1) is 0 Å². The highest BCUT2D eigenvalue weighted by Crippen LogP contribution is 2.21. The van der Waals surface area contributed by atoms with Gasteiger partial charge in [0, 0.05) is 5.69 Å². The Balaban J connectivity index is 1.90. The number of para-hydroxylation sites is 2. The van der Waals surface area contributed by atoms with E-state index >= 15 is 0 Å². The maximum atomic E-state index is 12.6. The van der Waals surface area contributed by atoms with Crippen molar-refractivity contribution < 1.29 is 9.53 Å². The Kier molecular flexibility index (Phi) is 4.42. The molecule has 0 saturated heterocycles. The molecule has 0 atom stereocenters. The van der Waals surface area contributed by atoms with Crippen LogP contribution in [0.3, 0.4) is 0 Å².